The number of phenolic OH excluding ortho intramolecular Hbond substituents is 1. The van der Waals surface area contributed by atoms with Gasteiger partial charge in [-0.1, -0.05) is 18.7 Å². The number of ether oxygens (including phenoxy) is 1. The number of unbranched alkanes of at least 4 members (excludes halogenated alkanes) is 1. The van der Waals surface area contributed by atoms with Crippen molar-refractivity contribution in [3.8, 4) is 5.75 Å². The van der Waals surface area contributed by atoms with E-state index in [0.29, 0.717) is 36.5 Å². The average Bonchev–Trinajstić information content (AvgIpc) is 2.42. The number of carboxylic acids is 1. The van der Waals surface area contributed by atoms with Crippen molar-refractivity contribution in [2.24, 2.45) is 4.99 Å². The lowest BCUT2D eigenvalue weighted by Crippen LogP contribution is -2.07. The molecule has 0 saturated heterocycles. The molecule has 0 aromatic heterocycles. The SMILES string of the molecule is C=C(CCCCC(=O)O)O/C(=N\C)c1ccccc1O. The van der Waals surface area contributed by atoms with Crippen LogP contribution in [0.3, 0.4) is 0 Å². The van der Waals surface area contributed by atoms with Gasteiger partial charge in [-0.2, -0.15) is 0 Å². The lowest BCUT2D eigenvalue weighted by Gasteiger charge is -2.11. The molecule has 0 aliphatic rings. The van der Waals surface area contributed by atoms with Crippen molar-refractivity contribution in [1.29, 1.82) is 0 Å². The summed E-state index contributed by atoms with van der Waals surface area (Å²) in [6, 6.07) is 6.75. The molecule has 20 heavy (non-hydrogen) atoms. The lowest BCUT2D eigenvalue weighted by atomic mass is 10.1. The molecule has 0 atom stereocenters. The van der Waals surface area contributed by atoms with E-state index in [9.17, 15) is 9.90 Å². The summed E-state index contributed by atoms with van der Waals surface area (Å²) in [6.07, 6.45) is 1.96. The summed E-state index contributed by atoms with van der Waals surface area (Å²) >= 11 is 0. The Morgan fingerprint density at radius 3 is 2.55 bits per heavy atom. The summed E-state index contributed by atoms with van der Waals surface area (Å²) in [7, 11) is 1.57. The number of allylic oxidation sites excluding steroid dienone is 1. The third-order valence-corrected chi connectivity index (χ3v) is 2.67. The number of nitrogens with zero attached hydrogens (tertiary/aromatic N) is 1. The molecular weight excluding hydrogens is 258 g/mol. The van der Waals surface area contributed by atoms with Gasteiger partial charge >= 0.3 is 5.97 Å². The Morgan fingerprint density at radius 1 is 1.30 bits per heavy atom. The monoisotopic (exact) mass is 277 g/mol. The van der Waals surface area contributed by atoms with E-state index in [1.54, 1.807) is 31.3 Å². The number of hydrogen-bond donors (Lipinski definition) is 2. The molecule has 5 nitrogen and oxygen atoms in total. The minimum absolute atomic E-state index is 0.0896. The lowest BCUT2D eigenvalue weighted by molar-refractivity contribution is -0.137. The standard InChI is InChI=1S/C15H19NO4/c1-11(7-3-6-10-14(18)19)20-15(16-2)12-8-4-5-9-13(12)17/h4-5,8-9,17H,1,3,6-7,10H2,2H3,(H,18,19)/b16-15-. The number of carbonyl (C=O) groups is 1. The first-order chi connectivity index (χ1) is 9.54. The van der Waals surface area contributed by atoms with Crippen LogP contribution in [0.25, 0.3) is 0 Å². The number of aliphatic imine (C=N–C) groups is 1. The topological polar surface area (TPSA) is 79.1 Å². The highest BCUT2D eigenvalue weighted by molar-refractivity contribution is 5.97. The second-order valence-corrected chi connectivity index (χ2v) is 4.29. The quantitative estimate of drug-likeness (QED) is 0.347. The molecule has 5 heteroatoms. The molecular formula is C15H19NO4. The molecule has 0 heterocycles. The van der Waals surface area contributed by atoms with Gasteiger partial charge in [0.2, 0.25) is 5.90 Å². The van der Waals surface area contributed by atoms with Gasteiger partial charge in [0.15, 0.2) is 0 Å². The summed E-state index contributed by atoms with van der Waals surface area (Å²) in [5.74, 6) is 0.0823. The van der Waals surface area contributed by atoms with Crippen molar-refractivity contribution in [1.82, 2.24) is 0 Å². The van der Waals surface area contributed by atoms with E-state index in [-0.39, 0.29) is 12.2 Å². The first kappa shape index (κ1) is 15.8. The van der Waals surface area contributed by atoms with E-state index >= 15 is 0 Å². The molecule has 0 unspecified atom stereocenters. The second-order valence-electron chi connectivity index (χ2n) is 4.29. The maximum atomic E-state index is 10.4. The third kappa shape index (κ3) is 5.14. The van der Waals surface area contributed by atoms with Crippen molar-refractivity contribution in [2.45, 2.75) is 25.7 Å². The normalized spacial score (nSPS) is 11.2. The molecule has 0 aliphatic carbocycles. The zero-order valence-corrected chi connectivity index (χ0v) is 11.5. The molecule has 0 aliphatic heterocycles. The number of aliphatic carboxylic acids is 1. The van der Waals surface area contributed by atoms with Crippen LogP contribution in [0.5, 0.6) is 5.75 Å². The molecule has 2 N–H and O–H groups in total. The smallest absolute Gasteiger partial charge is 0.303 e. The van der Waals surface area contributed by atoms with Crippen LogP contribution in [0.2, 0.25) is 0 Å². The number of carboxylic acid groups (broad SMARTS) is 1. The summed E-state index contributed by atoms with van der Waals surface area (Å²) < 4.78 is 5.52. The minimum Gasteiger partial charge on any atom is -0.507 e. The largest absolute Gasteiger partial charge is 0.507 e. The van der Waals surface area contributed by atoms with Gasteiger partial charge in [0, 0.05) is 19.9 Å². The fourth-order valence-corrected chi connectivity index (χ4v) is 1.66. The van der Waals surface area contributed by atoms with Gasteiger partial charge in [0.25, 0.3) is 0 Å². The fourth-order valence-electron chi connectivity index (χ4n) is 1.66. The molecule has 1 rings (SSSR count). The van der Waals surface area contributed by atoms with Crippen molar-refractivity contribution < 1.29 is 19.7 Å². The molecule has 0 amide bonds. The van der Waals surface area contributed by atoms with Crippen LogP contribution in [-0.4, -0.2) is 29.1 Å². The molecule has 0 fully saturated rings. The van der Waals surface area contributed by atoms with Crippen molar-refractivity contribution in [2.75, 3.05) is 7.05 Å². The Hall–Kier alpha value is -2.30. The number of para-hydroxylation sites is 1. The van der Waals surface area contributed by atoms with Crippen molar-refractivity contribution in [3.63, 3.8) is 0 Å². The first-order valence-electron chi connectivity index (χ1n) is 6.37. The van der Waals surface area contributed by atoms with E-state index in [1.807, 2.05) is 0 Å². The zero-order chi connectivity index (χ0) is 15.0. The van der Waals surface area contributed by atoms with E-state index in [1.165, 1.54) is 0 Å². The van der Waals surface area contributed by atoms with Crippen LogP contribution >= 0.6 is 0 Å². The average molecular weight is 277 g/mol. The van der Waals surface area contributed by atoms with Crippen LogP contribution in [0, 0.1) is 0 Å². The van der Waals surface area contributed by atoms with Crippen LogP contribution in [-0.2, 0) is 9.53 Å². The van der Waals surface area contributed by atoms with Crippen LogP contribution in [0.1, 0.15) is 31.2 Å². The fraction of sp³-hybridized carbons (Fsp3) is 0.333. The summed E-state index contributed by atoms with van der Waals surface area (Å²) in [6.45, 7) is 3.78. The maximum absolute atomic E-state index is 10.4. The Balaban J connectivity index is 2.51. The minimum atomic E-state index is -0.804. The Kier molecular flexibility index (Phi) is 6.29. The van der Waals surface area contributed by atoms with Gasteiger partial charge in [-0.15, -0.1) is 0 Å². The van der Waals surface area contributed by atoms with E-state index < -0.39 is 5.97 Å². The van der Waals surface area contributed by atoms with Crippen LogP contribution < -0.4 is 0 Å². The van der Waals surface area contributed by atoms with Gasteiger partial charge in [0.05, 0.1) is 11.3 Å². The van der Waals surface area contributed by atoms with Crippen LogP contribution in [0.15, 0.2) is 41.6 Å². The zero-order valence-electron chi connectivity index (χ0n) is 11.5. The number of phenols is 1. The van der Waals surface area contributed by atoms with Gasteiger partial charge in [-0.3, -0.25) is 9.79 Å². The Bertz CT molecular complexity index is 508. The van der Waals surface area contributed by atoms with Gasteiger partial charge in [-0.05, 0) is 25.0 Å². The molecule has 0 spiro atoms. The Labute approximate surface area is 118 Å². The number of rotatable bonds is 7. The molecule has 1 aromatic rings. The molecule has 0 saturated carbocycles. The van der Waals surface area contributed by atoms with Gasteiger partial charge < -0.3 is 14.9 Å². The predicted octanol–water partition coefficient (Wildman–Crippen LogP) is 2.94. The predicted molar refractivity (Wildman–Crippen MR) is 76.9 cm³/mol. The summed E-state index contributed by atoms with van der Waals surface area (Å²) in [4.78, 5) is 14.4. The molecule has 0 bridgehead atoms. The molecule has 0 radical (unpaired) electrons. The second kappa shape index (κ2) is 7.99. The highest BCUT2D eigenvalue weighted by Crippen LogP contribution is 2.19. The number of aromatic hydroxyl groups is 1. The third-order valence-electron chi connectivity index (χ3n) is 2.67. The maximum Gasteiger partial charge on any atom is 0.303 e. The van der Waals surface area contributed by atoms with Crippen molar-refractivity contribution >= 4 is 11.9 Å². The number of benzene rings is 1. The van der Waals surface area contributed by atoms with Crippen LogP contribution in [0.4, 0.5) is 0 Å². The van der Waals surface area contributed by atoms with E-state index in [4.69, 9.17) is 9.84 Å². The molecule has 108 valence electrons. The Morgan fingerprint density at radius 2 is 1.95 bits per heavy atom. The number of hydrogen-bond acceptors (Lipinski definition) is 4. The first-order valence-corrected chi connectivity index (χ1v) is 6.37. The highest BCUT2D eigenvalue weighted by atomic mass is 16.5. The molecule has 1 aromatic carbocycles. The van der Waals surface area contributed by atoms with Gasteiger partial charge in [0.1, 0.15) is 5.75 Å². The summed E-state index contributed by atoms with van der Waals surface area (Å²) in [5, 5.41) is 18.3. The van der Waals surface area contributed by atoms with Gasteiger partial charge in [-0.25, -0.2) is 0 Å². The highest BCUT2D eigenvalue weighted by Gasteiger charge is 2.10. The van der Waals surface area contributed by atoms with Crippen molar-refractivity contribution in [3.05, 3.63) is 42.2 Å². The summed E-state index contributed by atoms with van der Waals surface area (Å²) in [5.41, 5.74) is 0.502. The van der Waals surface area contributed by atoms with E-state index in [2.05, 4.69) is 11.6 Å². The van der Waals surface area contributed by atoms with E-state index in [0.717, 1.165) is 0 Å².